The maximum absolute atomic E-state index is 14.8. The van der Waals surface area contributed by atoms with E-state index in [4.69, 9.17) is 21.1 Å². The Morgan fingerprint density at radius 3 is 2.43 bits per heavy atom. The second kappa shape index (κ2) is 11.1. The van der Waals surface area contributed by atoms with Crippen molar-refractivity contribution in [1.82, 2.24) is 9.13 Å². The first-order valence-electron chi connectivity index (χ1n) is 10.8. The lowest BCUT2D eigenvalue weighted by Crippen LogP contribution is -2.41. The zero-order valence-electron chi connectivity index (χ0n) is 19.4. The van der Waals surface area contributed by atoms with Crippen molar-refractivity contribution in [2.45, 2.75) is 41.5 Å². The molecule has 0 aliphatic heterocycles. The number of benzene rings is 1. The van der Waals surface area contributed by atoms with Gasteiger partial charge in [0.25, 0.3) is 5.56 Å². The summed E-state index contributed by atoms with van der Waals surface area (Å²) in [5.41, 5.74) is -4.96. The van der Waals surface area contributed by atoms with Crippen LogP contribution in [0.25, 0.3) is 5.69 Å². The first-order valence-corrected chi connectivity index (χ1v) is 12.0. The fourth-order valence-corrected chi connectivity index (χ4v) is 5.49. The zero-order valence-corrected chi connectivity index (χ0v) is 21.0. The average molecular weight is 565 g/mol. The van der Waals surface area contributed by atoms with E-state index in [-0.39, 0.29) is 31.7 Å². The predicted octanol–water partition coefficient (Wildman–Crippen LogP) is 4.02. The van der Waals surface area contributed by atoms with E-state index in [1.165, 1.54) is 6.08 Å². The van der Waals surface area contributed by atoms with Crippen LogP contribution in [0.3, 0.4) is 0 Å². The highest BCUT2D eigenvalue weighted by Crippen LogP contribution is 2.48. The van der Waals surface area contributed by atoms with E-state index < -0.39 is 57.9 Å². The summed E-state index contributed by atoms with van der Waals surface area (Å²) in [6.45, 7) is 2.70. The van der Waals surface area contributed by atoms with Crippen LogP contribution in [0.2, 0.25) is 5.02 Å². The lowest BCUT2D eigenvalue weighted by molar-refractivity contribution is -0.159. The number of ether oxygens (including phenoxy) is 2. The van der Waals surface area contributed by atoms with Crippen LogP contribution in [-0.4, -0.2) is 39.0 Å². The fraction of sp³-hybridized carbons (Fsp3) is 0.391. The molecule has 0 unspecified atom stereocenters. The van der Waals surface area contributed by atoms with Gasteiger partial charge in [-0.1, -0.05) is 37.1 Å². The number of halogens is 5. The minimum absolute atomic E-state index is 0.0625. The largest absolute Gasteiger partial charge is 0.459 e. The molecule has 1 saturated carbocycles. The van der Waals surface area contributed by atoms with Crippen molar-refractivity contribution in [1.29, 1.82) is 0 Å². The average Bonchev–Trinajstić information content (AvgIpc) is 3.30. The van der Waals surface area contributed by atoms with Gasteiger partial charge in [0.15, 0.2) is 6.61 Å². The Hall–Kier alpha value is -3.06. The molecule has 1 heterocycles. The first-order chi connectivity index (χ1) is 17.3. The Morgan fingerprint density at radius 1 is 1.19 bits per heavy atom. The van der Waals surface area contributed by atoms with Crippen LogP contribution in [0, 0.1) is 5.82 Å². The number of hydrogen-bond acceptors (Lipinski definition) is 7. The Labute approximate surface area is 216 Å². The highest BCUT2D eigenvalue weighted by molar-refractivity contribution is 8.01. The van der Waals surface area contributed by atoms with Gasteiger partial charge in [0, 0.05) is 18.0 Å². The standard InChI is InChI=1S/C23H21ClF4N2O6S/c1-3-8-35-19(32)12-36-20(33)22(6-4-5-7-22)37-16-10-15(14(25)9-13(16)24)30-18(31)11-17(23(26,27)28)29(2)21(30)34/h3,9-11H,1,4-8,12H2,2H3. The number of carbonyl (C=O) groups excluding carboxylic acids is 2. The van der Waals surface area contributed by atoms with E-state index in [2.05, 4.69) is 6.58 Å². The molecule has 0 radical (unpaired) electrons. The van der Waals surface area contributed by atoms with Gasteiger partial charge in [-0.25, -0.2) is 18.5 Å². The number of rotatable bonds is 8. The van der Waals surface area contributed by atoms with Crippen molar-refractivity contribution in [3.63, 3.8) is 0 Å². The molecular weight excluding hydrogens is 544 g/mol. The van der Waals surface area contributed by atoms with Crippen molar-refractivity contribution in [3.8, 4) is 5.69 Å². The summed E-state index contributed by atoms with van der Waals surface area (Å²) in [4.78, 5) is 49.9. The van der Waals surface area contributed by atoms with Gasteiger partial charge in [0.1, 0.15) is 22.9 Å². The maximum atomic E-state index is 14.8. The summed E-state index contributed by atoms with van der Waals surface area (Å²) in [6.07, 6.45) is -1.73. The molecule has 0 spiro atoms. The molecule has 0 bridgehead atoms. The molecule has 0 amide bonds. The van der Waals surface area contributed by atoms with Crippen LogP contribution in [0.4, 0.5) is 17.6 Å². The zero-order chi connectivity index (χ0) is 27.5. The van der Waals surface area contributed by atoms with E-state index in [0.717, 1.165) is 30.9 Å². The molecule has 2 aromatic rings. The minimum atomic E-state index is -4.99. The molecule has 1 aliphatic rings. The molecule has 0 saturated heterocycles. The topological polar surface area (TPSA) is 96.6 Å². The molecule has 8 nitrogen and oxygen atoms in total. The van der Waals surface area contributed by atoms with E-state index in [1.807, 2.05) is 0 Å². The molecule has 1 aromatic heterocycles. The summed E-state index contributed by atoms with van der Waals surface area (Å²) in [5.74, 6) is -2.66. The third-order valence-corrected chi connectivity index (χ3v) is 7.57. The molecule has 200 valence electrons. The van der Waals surface area contributed by atoms with Gasteiger partial charge in [0.2, 0.25) is 0 Å². The summed E-state index contributed by atoms with van der Waals surface area (Å²) in [5, 5.41) is -0.160. The lowest BCUT2D eigenvalue weighted by atomic mass is 10.1. The van der Waals surface area contributed by atoms with E-state index in [1.54, 1.807) is 0 Å². The van der Waals surface area contributed by atoms with Gasteiger partial charge in [-0.3, -0.25) is 14.2 Å². The van der Waals surface area contributed by atoms with Crippen molar-refractivity contribution in [2.75, 3.05) is 13.2 Å². The van der Waals surface area contributed by atoms with Gasteiger partial charge in [-0.15, -0.1) is 11.8 Å². The van der Waals surface area contributed by atoms with Crippen molar-refractivity contribution >= 4 is 35.3 Å². The molecule has 1 fully saturated rings. The Balaban J connectivity index is 2.00. The number of thioether (sulfide) groups is 1. The molecule has 0 atom stereocenters. The molecule has 14 heteroatoms. The molecule has 1 aliphatic carbocycles. The van der Waals surface area contributed by atoms with Crippen molar-refractivity contribution < 1.29 is 36.6 Å². The SMILES string of the molecule is C=CCOC(=O)COC(=O)C1(Sc2cc(-n3c(=O)cc(C(F)(F)F)n(C)c3=O)c(F)cc2Cl)CCCC1. The lowest BCUT2D eigenvalue weighted by Gasteiger charge is -2.26. The highest BCUT2D eigenvalue weighted by Gasteiger charge is 2.44. The van der Waals surface area contributed by atoms with E-state index in [0.29, 0.717) is 25.7 Å². The predicted molar refractivity (Wildman–Crippen MR) is 126 cm³/mol. The van der Waals surface area contributed by atoms with Crippen LogP contribution < -0.4 is 11.2 Å². The van der Waals surface area contributed by atoms with Crippen LogP contribution >= 0.6 is 23.4 Å². The monoisotopic (exact) mass is 564 g/mol. The van der Waals surface area contributed by atoms with Crippen molar-refractivity contribution in [2.24, 2.45) is 7.05 Å². The summed E-state index contributed by atoms with van der Waals surface area (Å²) >= 11 is 7.10. The Kier molecular flexibility index (Phi) is 8.58. The molecular formula is C23H21ClF4N2O6S. The highest BCUT2D eigenvalue weighted by atomic mass is 35.5. The van der Waals surface area contributed by atoms with Gasteiger partial charge in [-0.2, -0.15) is 13.2 Å². The van der Waals surface area contributed by atoms with Gasteiger partial charge >= 0.3 is 23.8 Å². The second-order valence-corrected chi connectivity index (χ2v) is 9.96. The normalized spacial score (nSPS) is 14.9. The van der Waals surface area contributed by atoms with Gasteiger partial charge < -0.3 is 9.47 Å². The number of hydrogen-bond donors (Lipinski definition) is 0. The number of alkyl halides is 3. The molecule has 0 N–H and O–H groups in total. The quantitative estimate of drug-likeness (QED) is 0.271. The van der Waals surface area contributed by atoms with Crippen LogP contribution in [0.5, 0.6) is 0 Å². The minimum Gasteiger partial charge on any atom is -0.459 e. The Bertz CT molecular complexity index is 1350. The van der Waals surface area contributed by atoms with E-state index >= 15 is 0 Å². The van der Waals surface area contributed by atoms with Crippen LogP contribution in [0.1, 0.15) is 31.4 Å². The molecule has 37 heavy (non-hydrogen) atoms. The number of nitrogens with zero attached hydrogens (tertiary/aromatic N) is 2. The summed E-state index contributed by atoms with van der Waals surface area (Å²) in [7, 11) is 0.800. The Morgan fingerprint density at radius 2 is 1.84 bits per heavy atom. The summed E-state index contributed by atoms with van der Waals surface area (Å²) < 4.78 is 63.5. The smallest absolute Gasteiger partial charge is 0.431 e. The van der Waals surface area contributed by atoms with Crippen molar-refractivity contribution in [3.05, 3.63) is 68.2 Å². The first kappa shape index (κ1) is 28.5. The second-order valence-electron chi connectivity index (χ2n) is 8.13. The number of aromatic nitrogens is 2. The third-order valence-electron chi connectivity index (χ3n) is 5.62. The fourth-order valence-electron chi connectivity index (χ4n) is 3.84. The number of esters is 2. The maximum Gasteiger partial charge on any atom is 0.431 e. The third kappa shape index (κ3) is 6.09. The van der Waals surface area contributed by atoms with Crippen LogP contribution in [0.15, 0.2) is 45.3 Å². The van der Waals surface area contributed by atoms with E-state index in [9.17, 15) is 36.7 Å². The number of carbonyl (C=O) groups is 2. The van der Waals surface area contributed by atoms with Crippen LogP contribution in [-0.2, 0) is 32.3 Å². The summed E-state index contributed by atoms with van der Waals surface area (Å²) in [6, 6.07) is 2.00. The van der Waals surface area contributed by atoms with Gasteiger partial charge in [0.05, 0.1) is 10.7 Å². The molecule has 3 rings (SSSR count). The van der Waals surface area contributed by atoms with Gasteiger partial charge in [-0.05, 0) is 25.0 Å². The molecule has 1 aromatic carbocycles.